The Morgan fingerprint density at radius 1 is 1.54 bits per heavy atom. The van der Waals surface area contributed by atoms with Crippen molar-refractivity contribution in [3.63, 3.8) is 0 Å². The monoisotopic (exact) mass is 200 g/mol. The SMILES string of the molecule is CCOc1cccc(NCCCl)n1. The zero-order valence-electron chi connectivity index (χ0n) is 7.59. The van der Waals surface area contributed by atoms with E-state index in [1.165, 1.54) is 0 Å². The molecule has 0 radical (unpaired) electrons. The summed E-state index contributed by atoms with van der Waals surface area (Å²) in [7, 11) is 0. The van der Waals surface area contributed by atoms with Gasteiger partial charge in [0.25, 0.3) is 0 Å². The van der Waals surface area contributed by atoms with E-state index in [0.717, 1.165) is 5.82 Å². The standard InChI is InChI=1S/C9H13ClN2O/c1-2-13-9-5-3-4-8(12-9)11-7-6-10/h3-5H,2,6-7H2,1H3,(H,11,12). The number of anilines is 1. The molecule has 1 heterocycles. The molecule has 0 aromatic carbocycles. The maximum Gasteiger partial charge on any atom is 0.215 e. The lowest BCUT2D eigenvalue weighted by Gasteiger charge is -2.05. The molecular weight excluding hydrogens is 188 g/mol. The molecule has 3 nitrogen and oxygen atoms in total. The molecule has 0 unspecified atom stereocenters. The van der Waals surface area contributed by atoms with Crippen molar-refractivity contribution in [3.05, 3.63) is 18.2 Å². The molecule has 0 aliphatic carbocycles. The molecule has 13 heavy (non-hydrogen) atoms. The Morgan fingerprint density at radius 2 is 2.38 bits per heavy atom. The predicted octanol–water partition coefficient (Wildman–Crippen LogP) is 2.13. The second kappa shape index (κ2) is 5.65. The molecule has 0 aliphatic heterocycles. The molecule has 1 aromatic rings. The molecule has 0 aliphatic rings. The number of pyridine rings is 1. The number of aromatic nitrogens is 1. The van der Waals surface area contributed by atoms with Gasteiger partial charge in [0.05, 0.1) is 6.61 Å². The van der Waals surface area contributed by atoms with E-state index < -0.39 is 0 Å². The van der Waals surface area contributed by atoms with Crippen LogP contribution in [-0.4, -0.2) is 24.0 Å². The topological polar surface area (TPSA) is 34.1 Å². The zero-order valence-corrected chi connectivity index (χ0v) is 8.34. The molecule has 4 heteroatoms. The number of hydrogen-bond acceptors (Lipinski definition) is 3. The van der Waals surface area contributed by atoms with Gasteiger partial charge in [-0.05, 0) is 13.0 Å². The van der Waals surface area contributed by atoms with Crippen molar-refractivity contribution in [3.8, 4) is 5.88 Å². The number of rotatable bonds is 5. The van der Waals surface area contributed by atoms with Crippen LogP contribution < -0.4 is 10.1 Å². The first-order valence-electron chi connectivity index (χ1n) is 4.26. The minimum absolute atomic E-state index is 0.570. The van der Waals surface area contributed by atoms with E-state index >= 15 is 0 Å². The smallest absolute Gasteiger partial charge is 0.215 e. The number of ether oxygens (including phenoxy) is 1. The molecule has 0 saturated carbocycles. The first-order chi connectivity index (χ1) is 6.36. The Labute approximate surface area is 83.1 Å². The van der Waals surface area contributed by atoms with Crippen molar-refractivity contribution in [1.82, 2.24) is 4.98 Å². The van der Waals surface area contributed by atoms with Gasteiger partial charge in [-0.3, -0.25) is 0 Å². The second-order valence-corrected chi connectivity index (χ2v) is 2.79. The summed E-state index contributed by atoms with van der Waals surface area (Å²) in [5, 5.41) is 3.07. The van der Waals surface area contributed by atoms with Gasteiger partial charge in [-0.25, -0.2) is 0 Å². The lowest BCUT2D eigenvalue weighted by Crippen LogP contribution is -2.05. The third kappa shape index (κ3) is 3.51. The van der Waals surface area contributed by atoms with Gasteiger partial charge in [-0.15, -0.1) is 11.6 Å². The lowest BCUT2D eigenvalue weighted by molar-refractivity contribution is 0.327. The summed E-state index contributed by atoms with van der Waals surface area (Å²) in [4.78, 5) is 4.21. The van der Waals surface area contributed by atoms with Crippen molar-refractivity contribution < 1.29 is 4.74 Å². The number of hydrogen-bond donors (Lipinski definition) is 1. The first kappa shape index (κ1) is 10.1. The van der Waals surface area contributed by atoms with E-state index in [0.29, 0.717) is 24.9 Å². The number of nitrogens with zero attached hydrogens (tertiary/aromatic N) is 1. The summed E-state index contributed by atoms with van der Waals surface area (Å²) < 4.78 is 5.24. The zero-order chi connectivity index (χ0) is 9.52. The summed E-state index contributed by atoms with van der Waals surface area (Å²) in [6, 6.07) is 5.61. The quantitative estimate of drug-likeness (QED) is 0.740. The van der Waals surface area contributed by atoms with Crippen LogP contribution in [0.2, 0.25) is 0 Å². The minimum atomic E-state index is 0.570. The van der Waals surface area contributed by atoms with Gasteiger partial charge in [0, 0.05) is 18.5 Å². The van der Waals surface area contributed by atoms with Crippen LogP contribution in [0.25, 0.3) is 0 Å². The number of halogens is 1. The molecule has 72 valence electrons. The van der Waals surface area contributed by atoms with Crippen molar-refractivity contribution in [2.24, 2.45) is 0 Å². The fraction of sp³-hybridized carbons (Fsp3) is 0.444. The average Bonchev–Trinajstić information content (AvgIpc) is 2.16. The molecule has 0 bridgehead atoms. The van der Waals surface area contributed by atoms with Crippen molar-refractivity contribution in [2.75, 3.05) is 24.3 Å². The Hall–Kier alpha value is -0.960. The van der Waals surface area contributed by atoms with E-state index in [9.17, 15) is 0 Å². The highest BCUT2D eigenvalue weighted by molar-refractivity contribution is 6.18. The lowest BCUT2D eigenvalue weighted by atomic mass is 10.4. The Morgan fingerprint density at radius 3 is 3.08 bits per heavy atom. The van der Waals surface area contributed by atoms with Crippen LogP contribution in [0, 0.1) is 0 Å². The van der Waals surface area contributed by atoms with Crippen LogP contribution in [0.3, 0.4) is 0 Å². The van der Waals surface area contributed by atoms with Crippen molar-refractivity contribution in [2.45, 2.75) is 6.92 Å². The van der Waals surface area contributed by atoms with E-state index in [4.69, 9.17) is 16.3 Å². The summed E-state index contributed by atoms with van der Waals surface area (Å²) in [5.74, 6) is 2.01. The highest BCUT2D eigenvalue weighted by Gasteiger charge is 1.95. The first-order valence-corrected chi connectivity index (χ1v) is 4.80. The van der Waals surface area contributed by atoms with Crippen LogP contribution in [0.5, 0.6) is 5.88 Å². The Bertz CT molecular complexity index is 255. The minimum Gasteiger partial charge on any atom is -0.478 e. The highest BCUT2D eigenvalue weighted by atomic mass is 35.5. The normalized spacial score (nSPS) is 9.69. The van der Waals surface area contributed by atoms with Crippen LogP contribution in [0.15, 0.2) is 18.2 Å². The van der Waals surface area contributed by atoms with Crippen molar-refractivity contribution >= 4 is 17.4 Å². The number of alkyl halides is 1. The number of nitrogens with one attached hydrogen (secondary N) is 1. The third-order valence-corrected chi connectivity index (χ3v) is 1.61. The van der Waals surface area contributed by atoms with E-state index in [-0.39, 0.29) is 0 Å². The van der Waals surface area contributed by atoms with Gasteiger partial charge in [0.15, 0.2) is 0 Å². The Balaban J connectivity index is 2.56. The van der Waals surface area contributed by atoms with E-state index in [2.05, 4.69) is 10.3 Å². The molecule has 0 saturated heterocycles. The maximum absolute atomic E-state index is 5.53. The van der Waals surface area contributed by atoms with Crippen LogP contribution in [0.4, 0.5) is 5.82 Å². The summed E-state index contributed by atoms with van der Waals surface area (Å²) in [6.07, 6.45) is 0. The van der Waals surface area contributed by atoms with Crippen LogP contribution in [-0.2, 0) is 0 Å². The molecule has 0 amide bonds. The molecule has 0 spiro atoms. The molecule has 1 N–H and O–H groups in total. The van der Waals surface area contributed by atoms with Gasteiger partial charge >= 0.3 is 0 Å². The van der Waals surface area contributed by atoms with E-state index in [1.54, 1.807) is 0 Å². The summed E-state index contributed by atoms with van der Waals surface area (Å²) >= 11 is 5.53. The van der Waals surface area contributed by atoms with Gasteiger partial charge in [-0.2, -0.15) is 4.98 Å². The average molecular weight is 201 g/mol. The third-order valence-electron chi connectivity index (χ3n) is 1.42. The summed E-state index contributed by atoms with van der Waals surface area (Å²) in [6.45, 7) is 3.27. The Kier molecular flexibility index (Phi) is 4.40. The molecule has 1 rings (SSSR count). The van der Waals surface area contributed by atoms with Crippen LogP contribution >= 0.6 is 11.6 Å². The van der Waals surface area contributed by atoms with Gasteiger partial charge < -0.3 is 10.1 Å². The fourth-order valence-electron chi connectivity index (χ4n) is 0.917. The highest BCUT2D eigenvalue weighted by Crippen LogP contribution is 2.10. The molecule has 0 atom stereocenters. The van der Waals surface area contributed by atoms with Gasteiger partial charge in [0.1, 0.15) is 5.82 Å². The van der Waals surface area contributed by atoms with Gasteiger partial charge in [-0.1, -0.05) is 6.07 Å². The summed E-state index contributed by atoms with van der Waals surface area (Å²) in [5.41, 5.74) is 0. The molecular formula is C9H13ClN2O. The fourth-order valence-corrected chi connectivity index (χ4v) is 1.01. The maximum atomic E-state index is 5.53. The second-order valence-electron chi connectivity index (χ2n) is 2.41. The molecule has 0 fully saturated rings. The van der Waals surface area contributed by atoms with Gasteiger partial charge in [0.2, 0.25) is 5.88 Å². The van der Waals surface area contributed by atoms with E-state index in [1.807, 2.05) is 25.1 Å². The van der Waals surface area contributed by atoms with Crippen LogP contribution in [0.1, 0.15) is 6.92 Å². The predicted molar refractivity (Wildman–Crippen MR) is 54.6 cm³/mol. The largest absolute Gasteiger partial charge is 0.478 e. The van der Waals surface area contributed by atoms with Crippen molar-refractivity contribution in [1.29, 1.82) is 0 Å². The molecule has 1 aromatic heterocycles.